The van der Waals surface area contributed by atoms with Gasteiger partial charge in [0.1, 0.15) is 5.82 Å². The van der Waals surface area contributed by atoms with Gasteiger partial charge in [-0.05, 0) is 50.9 Å². The van der Waals surface area contributed by atoms with Crippen LogP contribution in [0.25, 0.3) is 0 Å². The lowest BCUT2D eigenvalue weighted by Gasteiger charge is -2.28. The average molecular weight is 276 g/mol. The van der Waals surface area contributed by atoms with Crippen molar-refractivity contribution in [3.05, 3.63) is 23.9 Å². The highest BCUT2D eigenvalue weighted by atomic mass is 15.2. The Balaban J connectivity index is 1.93. The fourth-order valence-corrected chi connectivity index (χ4v) is 3.06. The quantitative estimate of drug-likeness (QED) is 0.862. The summed E-state index contributed by atoms with van der Waals surface area (Å²) in [5.74, 6) is 1.06. The van der Waals surface area contributed by atoms with E-state index in [9.17, 15) is 0 Å². The topological polar surface area (TPSA) is 45.4 Å². The summed E-state index contributed by atoms with van der Waals surface area (Å²) in [5, 5.41) is 0. The minimum absolute atomic E-state index is 0.192. The molecule has 1 aromatic heterocycles. The first kappa shape index (κ1) is 15.3. The van der Waals surface area contributed by atoms with Crippen molar-refractivity contribution < 1.29 is 0 Å². The van der Waals surface area contributed by atoms with Gasteiger partial charge in [-0.1, -0.05) is 13.0 Å². The molecule has 2 unspecified atom stereocenters. The Labute approximate surface area is 123 Å². The standard InChI is InChI=1S/C16H28N4/c1-4-20-9-5-6-15(20)12-19(3)16-8-7-14(11-18-16)10-13(2)17/h7-8,11,13,15H,4-6,9-10,12,17H2,1-3H3. The highest BCUT2D eigenvalue weighted by Gasteiger charge is 2.24. The number of nitrogens with two attached hydrogens (primary N) is 1. The molecule has 2 atom stereocenters. The van der Waals surface area contributed by atoms with Crippen molar-refractivity contribution in [2.24, 2.45) is 5.73 Å². The van der Waals surface area contributed by atoms with Crippen molar-refractivity contribution in [2.45, 2.75) is 45.2 Å². The lowest BCUT2D eigenvalue weighted by molar-refractivity contribution is 0.270. The number of anilines is 1. The smallest absolute Gasteiger partial charge is 0.128 e. The lowest BCUT2D eigenvalue weighted by atomic mass is 10.1. The molecule has 2 N–H and O–H groups in total. The summed E-state index contributed by atoms with van der Waals surface area (Å²) in [6.07, 6.45) is 5.48. The molecule has 112 valence electrons. The van der Waals surface area contributed by atoms with E-state index < -0.39 is 0 Å². The number of likely N-dealkylation sites (tertiary alicyclic amines) is 1. The van der Waals surface area contributed by atoms with Crippen LogP contribution < -0.4 is 10.6 Å². The fraction of sp³-hybridized carbons (Fsp3) is 0.688. The molecule has 1 aliphatic heterocycles. The Morgan fingerprint density at radius 3 is 2.90 bits per heavy atom. The SMILES string of the molecule is CCN1CCCC1CN(C)c1ccc(CC(C)N)cn1. The molecule has 2 rings (SSSR count). The number of rotatable bonds is 6. The van der Waals surface area contributed by atoms with Crippen LogP contribution in [0.1, 0.15) is 32.3 Å². The number of hydrogen-bond donors (Lipinski definition) is 1. The van der Waals surface area contributed by atoms with E-state index in [-0.39, 0.29) is 6.04 Å². The number of likely N-dealkylation sites (N-methyl/N-ethyl adjacent to an activating group) is 2. The van der Waals surface area contributed by atoms with Gasteiger partial charge in [-0.2, -0.15) is 0 Å². The van der Waals surface area contributed by atoms with E-state index in [4.69, 9.17) is 5.73 Å². The molecule has 4 nitrogen and oxygen atoms in total. The largest absolute Gasteiger partial charge is 0.358 e. The summed E-state index contributed by atoms with van der Waals surface area (Å²) in [7, 11) is 2.14. The third-order valence-corrected chi connectivity index (χ3v) is 4.15. The van der Waals surface area contributed by atoms with Crippen LogP contribution in [-0.2, 0) is 6.42 Å². The van der Waals surface area contributed by atoms with Crippen LogP contribution in [0.3, 0.4) is 0 Å². The molecule has 1 aromatic rings. The minimum Gasteiger partial charge on any atom is -0.358 e. The zero-order chi connectivity index (χ0) is 14.5. The molecule has 0 radical (unpaired) electrons. The average Bonchev–Trinajstić information content (AvgIpc) is 2.86. The molecule has 1 aliphatic rings. The van der Waals surface area contributed by atoms with Crippen LogP contribution in [0.4, 0.5) is 5.82 Å². The first-order valence-electron chi connectivity index (χ1n) is 7.75. The normalized spacial score (nSPS) is 21.1. The summed E-state index contributed by atoms with van der Waals surface area (Å²) < 4.78 is 0. The van der Waals surface area contributed by atoms with Crippen molar-refractivity contribution in [2.75, 3.05) is 31.6 Å². The van der Waals surface area contributed by atoms with Crippen molar-refractivity contribution in [1.29, 1.82) is 0 Å². The van der Waals surface area contributed by atoms with E-state index in [2.05, 4.69) is 40.9 Å². The zero-order valence-electron chi connectivity index (χ0n) is 13.0. The van der Waals surface area contributed by atoms with E-state index >= 15 is 0 Å². The molecule has 0 bridgehead atoms. The van der Waals surface area contributed by atoms with Crippen LogP contribution in [0.15, 0.2) is 18.3 Å². The van der Waals surface area contributed by atoms with Crippen LogP contribution in [0.5, 0.6) is 0 Å². The molecule has 0 aromatic carbocycles. The van der Waals surface area contributed by atoms with Crippen LogP contribution in [0, 0.1) is 0 Å². The molecule has 0 amide bonds. The third-order valence-electron chi connectivity index (χ3n) is 4.15. The van der Waals surface area contributed by atoms with E-state index in [0.29, 0.717) is 6.04 Å². The van der Waals surface area contributed by atoms with Crippen molar-refractivity contribution >= 4 is 5.82 Å². The molecule has 4 heteroatoms. The van der Waals surface area contributed by atoms with E-state index in [1.165, 1.54) is 24.9 Å². The van der Waals surface area contributed by atoms with Crippen LogP contribution in [-0.4, -0.2) is 48.6 Å². The summed E-state index contributed by atoms with van der Waals surface area (Å²) in [4.78, 5) is 9.42. The minimum atomic E-state index is 0.192. The van der Waals surface area contributed by atoms with E-state index in [1.807, 2.05) is 13.1 Å². The number of nitrogens with zero attached hydrogens (tertiary/aromatic N) is 3. The summed E-state index contributed by atoms with van der Waals surface area (Å²) in [5.41, 5.74) is 7.03. The molecule has 0 aliphatic carbocycles. The summed E-state index contributed by atoms with van der Waals surface area (Å²) in [6, 6.07) is 5.13. The highest BCUT2D eigenvalue weighted by molar-refractivity contribution is 5.38. The molecule has 1 saturated heterocycles. The van der Waals surface area contributed by atoms with Gasteiger partial charge >= 0.3 is 0 Å². The first-order valence-corrected chi connectivity index (χ1v) is 7.75. The molecule has 20 heavy (non-hydrogen) atoms. The molecular formula is C16H28N4. The Morgan fingerprint density at radius 1 is 1.50 bits per heavy atom. The van der Waals surface area contributed by atoms with Crippen molar-refractivity contribution in [1.82, 2.24) is 9.88 Å². The second-order valence-electron chi connectivity index (χ2n) is 6.01. The van der Waals surface area contributed by atoms with Gasteiger partial charge in [-0.15, -0.1) is 0 Å². The highest BCUT2D eigenvalue weighted by Crippen LogP contribution is 2.19. The predicted octanol–water partition coefficient (Wildman–Crippen LogP) is 1.89. The maximum Gasteiger partial charge on any atom is 0.128 e. The lowest BCUT2D eigenvalue weighted by Crippen LogP contribution is -2.39. The monoisotopic (exact) mass is 276 g/mol. The summed E-state index contributed by atoms with van der Waals surface area (Å²) >= 11 is 0. The van der Waals surface area contributed by atoms with E-state index in [0.717, 1.165) is 25.3 Å². The second-order valence-corrected chi connectivity index (χ2v) is 6.01. The van der Waals surface area contributed by atoms with Gasteiger partial charge in [-0.25, -0.2) is 4.98 Å². The Morgan fingerprint density at radius 2 is 2.30 bits per heavy atom. The Bertz CT molecular complexity index is 401. The molecule has 0 saturated carbocycles. The van der Waals surface area contributed by atoms with Gasteiger partial charge in [-0.3, -0.25) is 4.90 Å². The number of aromatic nitrogens is 1. The Kier molecular flexibility index (Phi) is 5.38. The molecular weight excluding hydrogens is 248 g/mol. The molecule has 1 fully saturated rings. The fourth-order valence-electron chi connectivity index (χ4n) is 3.06. The van der Waals surface area contributed by atoms with Crippen LogP contribution >= 0.6 is 0 Å². The summed E-state index contributed by atoms with van der Waals surface area (Å²) in [6.45, 7) is 7.74. The molecule has 0 spiro atoms. The van der Waals surface area contributed by atoms with Crippen molar-refractivity contribution in [3.63, 3.8) is 0 Å². The number of hydrogen-bond acceptors (Lipinski definition) is 4. The first-order chi connectivity index (χ1) is 9.60. The predicted molar refractivity (Wildman–Crippen MR) is 85.1 cm³/mol. The second kappa shape index (κ2) is 7.04. The van der Waals surface area contributed by atoms with Gasteiger partial charge in [0.05, 0.1) is 0 Å². The Hall–Kier alpha value is -1.13. The maximum absolute atomic E-state index is 5.82. The van der Waals surface area contributed by atoms with Gasteiger partial charge in [0.2, 0.25) is 0 Å². The van der Waals surface area contributed by atoms with Crippen molar-refractivity contribution in [3.8, 4) is 0 Å². The van der Waals surface area contributed by atoms with Gasteiger partial charge in [0.15, 0.2) is 0 Å². The zero-order valence-corrected chi connectivity index (χ0v) is 13.0. The van der Waals surface area contributed by atoms with Gasteiger partial charge in [0.25, 0.3) is 0 Å². The van der Waals surface area contributed by atoms with Crippen LogP contribution in [0.2, 0.25) is 0 Å². The maximum atomic E-state index is 5.82. The van der Waals surface area contributed by atoms with E-state index in [1.54, 1.807) is 0 Å². The molecule has 2 heterocycles. The van der Waals surface area contributed by atoms with Gasteiger partial charge < -0.3 is 10.6 Å². The van der Waals surface area contributed by atoms with Gasteiger partial charge in [0, 0.05) is 31.9 Å². The number of pyridine rings is 1. The third kappa shape index (κ3) is 3.93.